The first kappa shape index (κ1) is 68.5. The number of methoxy groups -OCH3 is 1. The molecule has 4 aromatic rings. The van der Waals surface area contributed by atoms with Gasteiger partial charge in [0.1, 0.15) is 37.7 Å². The van der Waals surface area contributed by atoms with Gasteiger partial charge in [-0.15, -0.1) is 0 Å². The average Bonchev–Trinajstić information content (AvgIpc) is 1.65. The number of aromatic nitrogens is 2. The molecule has 89 heavy (non-hydrogen) atoms. The predicted molar refractivity (Wildman–Crippen MR) is 328 cm³/mol. The van der Waals surface area contributed by atoms with E-state index in [2.05, 4.69) is 39.6 Å². The topological polar surface area (TPSA) is 324 Å². The highest BCUT2D eigenvalue weighted by Gasteiger charge is 2.51. The molecule has 25 heteroatoms. The van der Waals surface area contributed by atoms with Crippen molar-refractivity contribution in [3.8, 4) is 17.1 Å². The van der Waals surface area contributed by atoms with Crippen LogP contribution in [0.2, 0.25) is 0 Å². The molecule has 0 bridgehead atoms. The van der Waals surface area contributed by atoms with E-state index in [0.717, 1.165) is 35.8 Å². The van der Waals surface area contributed by atoms with Crippen LogP contribution in [0.1, 0.15) is 120 Å². The second-order valence-corrected chi connectivity index (χ2v) is 22.3. The minimum absolute atomic E-state index is 0.00822. The van der Waals surface area contributed by atoms with Crippen molar-refractivity contribution in [1.29, 1.82) is 0 Å². The molecule has 4 atom stereocenters. The highest BCUT2D eigenvalue weighted by molar-refractivity contribution is 5.98. The summed E-state index contributed by atoms with van der Waals surface area (Å²) in [4.78, 5) is 111. The summed E-state index contributed by atoms with van der Waals surface area (Å²) in [5.41, 5.74) is 8.88. The first-order chi connectivity index (χ1) is 43.0. The molecule has 1 unspecified atom stereocenters. The van der Waals surface area contributed by atoms with E-state index in [1.54, 1.807) is 62.8 Å². The van der Waals surface area contributed by atoms with Crippen LogP contribution in [0, 0.1) is 5.92 Å². The number of allylic oxidation sites excluding steroid dienone is 1. The molecule has 7 N–H and O–H groups in total. The van der Waals surface area contributed by atoms with E-state index >= 15 is 0 Å². The van der Waals surface area contributed by atoms with Gasteiger partial charge in [-0.3, -0.25) is 24.0 Å². The lowest BCUT2D eigenvalue weighted by Crippen LogP contribution is -2.54. The Morgan fingerprint density at radius 2 is 1.54 bits per heavy atom. The molecule has 484 valence electrons. The molecule has 0 radical (unpaired) electrons. The van der Waals surface area contributed by atoms with E-state index < -0.39 is 59.1 Å². The van der Waals surface area contributed by atoms with E-state index in [1.807, 2.05) is 25.1 Å². The van der Waals surface area contributed by atoms with Gasteiger partial charge < -0.3 is 79.5 Å². The third kappa shape index (κ3) is 19.0. The number of amides is 6. The van der Waals surface area contributed by atoms with Crippen molar-refractivity contribution >= 4 is 58.4 Å². The minimum Gasteiger partial charge on any atom is -0.497 e. The Balaban J connectivity index is 0.821. The number of ether oxygens (including phenoxy) is 9. The number of nitrogens with one attached hydrogen (secondary N) is 5. The fraction of sp³-hybridized carbons (Fsp3) is 0.547. The van der Waals surface area contributed by atoms with Crippen LogP contribution in [0.25, 0.3) is 22.3 Å². The maximum atomic E-state index is 14.2. The van der Waals surface area contributed by atoms with Gasteiger partial charge in [0.15, 0.2) is 0 Å². The van der Waals surface area contributed by atoms with Crippen LogP contribution in [0.3, 0.4) is 0 Å². The molecule has 7 rings (SSSR count). The standard InChI is InChI=1S/C64H86N8O17/c1-7-45-46-34-44(81-6)21-22-50(46)69-57-47(45)36-72-52(57)35-49-48(60(72)77)38-87-61(78)64(49,8-2)89-63(80)88-37-42-17-19-43(20-18-42)68-58(75)51(15-13-24-67-62(65)79)70-59(76)56(40(3)4)71-54(73)23-26-82-28-30-84-32-33-85-31-29-83-27-25-66-55(74)39-86-53-16-12-10-9-11-14-41(53)5/h14,17-22,34-35,40,51,53,56H,7-13,15-16,23-33,36-39H2,1-6H3,(H,66,74)(H,68,75)(H,70,76)(H,71,73)(H3,65,67,79)/t51-,53?,56-,64-/m0/s1. The van der Waals surface area contributed by atoms with Crippen LogP contribution < -0.4 is 42.6 Å². The Morgan fingerprint density at radius 3 is 2.22 bits per heavy atom. The average molecular weight is 1240 g/mol. The summed E-state index contributed by atoms with van der Waals surface area (Å²) in [6.45, 7) is 11.6. The number of pyridine rings is 2. The predicted octanol–water partition coefficient (Wildman–Crippen LogP) is 5.89. The van der Waals surface area contributed by atoms with Gasteiger partial charge in [0, 0.05) is 41.7 Å². The first-order valence-corrected chi connectivity index (χ1v) is 30.7. The van der Waals surface area contributed by atoms with Crippen LogP contribution in [0.4, 0.5) is 15.3 Å². The molecule has 2 aromatic carbocycles. The van der Waals surface area contributed by atoms with Crippen LogP contribution in [-0.2, 0) is 93.6 Å². The number of anilines is 1. The van der Waals surface area contributed by atoms with Gasteiger partial charge in [0.2, 0.25) is 29.2 Å². The van der Waals surface area contributed by atoms with Crippen molar-refractivity contribution in [1.82, 2.24) is 30.8 Å². The second-order valence-electron chi connectivity index (χ2n) is 22.3. The van der Waals surface area contributed by atoms with E-state index in [0.29, 0.717) is 79.9 Å². The van der Waals surface area contributed by atoms with Gasteiger partial charge in [-0.05, 0) is 111 Å². The molecule has 6 amide bonds. The molecular weight excluding hydrogens is 1150 g/mol. The maximum absolute atomic E-state index is 14.2. The molecule has 0 saturated carbocycles. The number of esters is 1. The van der Waals surface area contributed by atoms with E-state index in [1.165, 1.54) is 18.4 Å². The van der Waals surface area contributed by atoms with E-state index in [4.69, 9.17) is 53.3 Å². The molecule has 2 aromatic heterocycles. The van der Waals surface area contributed by atoms with Crippen molar-refractivity contribution in [2.45, 2.75) is 142 Å². The quantitative estimate of drug-likeness (QED) is 0.0159. The molecule has 4 heterocycles. The van der Waals surface area contributed by atoms with Gasteiger partial charge in [-0.2, -0.15) is 0 Å². The number of hydrogen-bond donors (Lipinski definition) is 6. The Morgan fingerprint density at radius 1 is 0.820 bits per heavy atom. The largest absolute Gasteiger partial charge is 0.510 e. The highest BCUT2D eigenvalue weighted by Crippen LogP contribution is 2.43. The molecule has 0 fully saturated rings. The summed E-state index contributed by atoms with van der Waals surface area (Å²) in [6.07, 6.45) is 7.34. The van der Waals surface area contributed by atoms with Crippen LogP contribution >= 0.6 is 0 Å². The Hall–Kier alpha value is -7.97. The minimum atomic E-state index is -2.01. The number of carbonyl (C=O) groups excluding carboxylic acids is 7. The van der Waals surface area contributed by atoms with Crippen LogP contribution in [0.5, 0.6) is 5.75 Å². The Labute approximate surface area is 518 Å². The molecule has 25 nitrogen and oxygen atoms in total. The number of cyclic esters (lactones) is 1. The van der Waals surface area contributed by atoms with Gasteiger partial charge in [-0.25, -0.2) is 19.4 Å². The number of rotatable bonds is 34. The normalized spacial score (nSPS) is 16.7. The van der Waals surface area contributed by atoms with Crippen molar-refractivity contribution in [2.75, 3.05) is 85.0 Å². The third-order valence-electron chi connectivity index (χ3n) is 15.8. The number of primary amides is 1. The van der Waals surface area contributed by atoms with E-state index in [9.17, 15) is 38.4 Å². The Bertz CT molecular complexity index is 3200. The lowest BCUT2D eigenvalue weighted by molar-refractivity contribution is -0.175. The smallest absolute Gasteiger partial charge is 0.497 e. The summed E-state index contributed by atoms with van der Waals surface area (Å²) in [5.74, 6) is -2.37. The number of aryl methyl sites for hydroxylation is 1. The molecule has 1 aliphatic carbocycles. The van der Waals surface area contributed by atoms with Crippen molar-refractivity contribution in [2.24, 2.45) is 11.7 Å². The maximum Gasteiger partial charge on any atom is 0.510 e. The number of benzene rings is 2. The van der Waals surface area contributed by atoms with Crippen molar-refractivity contribution < 1.29 is 76.2 Å². The third-order valence-corrected chi connectivity index (χ3v) is 15.8. The van der Waals surface area contributed by atoms with Crippen molar-refractivity contribution in [3.63, 3.8) is 0 Å². The van der Waals surface area contributed by atoms with Gasteiger partial charge >= 0.3 is 18.2 Å². The SMILES string of the molecule is CCc1c2c(nc3ccc(OC)cc13)-c1cc3c(c(=O)n1C2)COC(=O)[C@@]3(CC)OC(=O)OCc1ccc(NC(=O)[C@H](CCCNC(N)=O)NC(=O)[C@@H](NC(=O)CCOCCOCCOCCOCCNC(=O)COC2CCCCCC=C2C)C(C)C)cc1. The van der Waals surface area contributed by atoms with Crippen LogP contribution in [-0.4, -0.2) is 149 Å². The lowest BCUT2D eigenvalue weighted by atomic mass is 9.85. The molecule has 0 spiro atoms. The zero-order valence-corrected chi connectivity index (χ0v) is 51.9. The summed E-state index contributed by atoms with van der Waals surface area (Å²) in [7, 11) is 1.59. The highest BCUT2D eigenvalue weighted by atomic mass is 16.7. The summed E-state index contributed by atoms with van der Waals surface area (Å²) >= 11 is 0. The molecule has 2 aliphatic heterocycles. The fourth-order valence-corrected chi connectivity index (χ4v) is 10.9. The summed E-state index contributed by atoms with van der Waals surface area (Å²) < 4.78 is 52.0. The summed E-state index contributed by atoms with van der Waals surface area (Å²) in [5, 5.41) is 14.5. The number of fused-ring (bicyclic) bond motifs is 5. The van der Waals surface area contributed by atoms with E-state index in [-0.39, 0.29) is 107 Å². The number of nitrogens with zero attached hydrogens (tertiary/aromatic N) is 2. The van der Waals surface area contributed by atoms with Crippen LogP contribution in [0.15, 0.2) is 65.0 Å². The second kappa shape index (κ2) is 34.1. The molecular formula is C64H86N8O17. The fourth-order valence-electron chi connectivity index (χ4n) is 10.9. The monoisotopic (exact) mass is 1240 g/mol. The molecule has 0 saturated heterocycles. The number of hydrogen-bond acceptors (Lipinski definition) is 18. The molecule has 3 aliphatic rings. The Kier molecular flexibility index (Phi) is 26.3. The van der Waals surface area contributed by atoms with Crippen molar-refractivity contribution in [3.05, 3.63) is 98.4 Å². The zero-order chi connectivity index (χ0) is 63.9. The summed E-state index contributed by atoms with van der Waals surface area (Å²) in [6, 6.07) is 10.7. The van der Waals surface area contributed by atoms with Gasteiger partial charge in [0.05, 0.1) is 95.1 Å². The lowest BCUT2D eigenvalue weighted by Gasteiger charge is -2.35. The van der Waals surface area contributed by atoms with Gasteiger partial charge in [-0.1, -0.05) is 58.7 Å². The van der Waals surface area contributed by atoms with Gasteiger partial charge in [0.25, 0.3) is 5.56 Å². The zero-order valence-electron chi connectivity index (χ0n) is 51.9. The first-order valence-electron chi connectivity index (χ1n) is 30.7. The number of carbonyl (C=O) groups is 7. The number of nitrogens with two attached hydrogens (primary N) is 1. The number of urea groups is 1.